The molecule has 9 nitrogen and oxygen atoms in total. The molecule has 64 valence electrons. The van der Waals surface area contributed by atoms with Gasteiger partial charge in [0.15, 0.2) is 5.03 Å². The fourth-order valence-corrected chi connectivity index (χ4v) is 0.555. The Kier molecular flexibility index (Phi) is 2.93. The second-order valence-corrected chi connectivity index (χ2v) is 2.67. The maximum atomic E-state index is 10.1. The Labute approximate surface area is 59.7 Å². The van der Waals surface area contributed by atoms with Gasteiger partial charge in [-0.05, 0) is 0 Å². The summed E-state index contributed by atoms with van der Waals surface area (Å²) in [7, 11) is -4.74. The van der Waals surface area contributed by atoms with Gasteiger partial charge in [0.2, 0.25) is 0 Å². The van der Waals surface area contributed by atoms with E-state index in [0.29, 0.717) is 0 Å². The van der Waals surface area contributed by atoms with Gasteiger partial charge in [-0.25, -0.2) is 24.6 Å². The van der Waals surface area contributed by atoms with Gasteiger partial charge in [-0.1, -0.05) is 5.43 Å². The number of nitrogens with one attached hydrogen (secondary N) is 2. The molecule has 0 aliphatic rings. The van der Waals surface area contributed by atoms with Crippen molar-refractivity contribution in [2.24, 2.45) is 0 Å². The number of rotatable bonds is 2. The SMILES string of the molecule is O=C(N[N+](=O)[O-])NP(=O)(O)O. The number of nitrogens with zero attached hydrogens (tertiary/aromatic N) is 1. The predicted octanol–water partition coefficient (Wildman–Crippen LogP) is -1.43. The number of nitro groups is 1. The number of urea groups is 1. The van der Waals surface area contributed by atoms with Crippen LogP contribution in [0.1, 0.15) is 0 Å². The third-order valence-corrected chi connectivity index (χ3v) is 0.934. The standard InChI is InChI=1S/CH4N3O6P/c5-1(2-4(6)7)3-11(8,9)10/h(H4,2,3,5,8,9,10). The number of hydrogen-bond donors (Lipinski definition) is 4. The Bertz CT molecular complexity index is 218. The van der Waals surface area contributed by atoms with E-state index in [1.807, 2.05) is 0 Å². The molecule has 0 aromatic carbocycles. The lowest BCUT2D eigenvalue weighted by atomic mass is 11.1. The summed E-state index contributed by atoms with van der Waals surface area (Å²) in [6, 6.07) is -1.57. The van der Waals surface area contributed by atoms with Crippen LogP contribution in [-0.2, 0) is 4.57 Å². The van der Waals surface area contributed by atoms with E-state index in [1.165, 1.54) is 0 Å². The van der Waals surface area contributed by atoms with Gasteiger partial charge in [0, 0.05) is 0 Å². The van der Waals surface area contributed by atoms with Crippen LogP contribution in [0.2, 0.25) is 0 Å². The normalized spacial score (nSPS) is 10.4. The van der Waals surface area contributed by atoms with Crippen LogP contribution in [-0.4, -0.2) is 20.9 Å². The van der Waals surface area contributed by atoms with Crippen molar-refractivity contribution in [3.8, 4) is 0 Å². The van der Waals surface area contributed by atoms with Crippen molar-refractivity contribution in [2.75, 3.05) is 0 Å². The molecule has 0 fully saturated rings. The molecule has 0 aromatic rings. The zero-order chi connectivity index (χ0) is 9.07. The third kappa shape index (κ3) is 6.71. The largest absolute Gasteiger partial charge is 0.431 e. The molecular weight excluding hydrogens is 181 g/mol. The van der Waals surface area contributed by atoms with Crippen molar-refractivity contribution in [3.63, 3.8) is 0 Å². The van der Waals surface area contributed by atoms with Crippen LogP contribution >= 0.6 is 7.75 Å². The lowest BCUT2D eigenvalue weighted by molar-refractivity contribution is -0.527. The van der Waals surface area contributed by atoms with E-state index < -0.39 is 18.8 Å². The van der Waals surface area contributed by atoms with E-state index in [-0.39, 0.29) is 0 Å². The van der Waals surface area contributed by atoms with Gasteiger partial charge in [0.1, 0.15) is 0 Å². The quantitative estimate of drug-likeness (QED) is 0.236. The van der Waals surface area contributed by atoms with Gasteiger partial charge < -0.3 is 9.79 Å². The third-order valence-electron chi connectivity index (χ3n) is 0.440. The highest BCUT2D eigenvalue weighted by molar-refractivity contribution is 7.50. The molecule has 2 amide bonds. The summed E-state index contributed by atoms with van der Waals surface area (Å²) < 4.78 is 9.92. The summed E-state index contributed by atoms with van der Waals surface area (Å²) >= 11 is 0. The molecule has 0 saturated carbocycles. The number of hydrazine groups is 1. The Hall–Kier alpha value is -1.18. The van der Waals surface area contributed by atoms with Crippen LogP contribution in [0.25, 0.3) is 0 Å². The second-order valence-electron chi connectivity index (χ2n) is 1.35. The lowest BCUT2D eigenvalue weighted by Gasteiger charge is -2.01. The van der Waals surface area contributed by atoms with E-state index in [9.17, 15) is 19.5 Å². The van der Waals surface area contributed by atoms with Gasteiger partial charge in [0.25, 0.3) is 0 Å². The van der Waals surface area contributed by atoms with Gasteiger partial charge >= 0.3 is 13.8 Å². The van der Waals surface area contributed by atoms with Crippen LogP contribution in [0, 0.1) is 10.1 Å². The first-order chi connectivity index (χ1) is 4.81. The fourth-order valence-electron chi connectivity index (χ4n) is 0.240. The van der Waals surface area contributed by atoms with Crippen molar-refractivity contribution in [2.45, 2.75) is 0 Å². The summed E-state index contributed by atoms with van der Waals surface area (Å²) in [6.45, 7) is 0. The van der Waals surface area contributed by atoms with Crippen molar-refractivity contribution in [3.05, 3.63) is 10.1 Å². The second kappa shape index (κ2) is 3.28. The number of hydrogen-bond acceptors (Lipinski definition) is 4. The Balaban J connectivity index is 3.90. The molecule has 0 aromatic heterocycles. The number of carbonyl (C=O) groups is 1. The summed E-state index contributed by atoms with van der Waals surface area (Å²) in [5, 5.41) is 9.26. The van der Waals surface area contributed by atoms with E-state index in [0.717, 1.165) is 10.5 Å². The van der Waals surface area contributed by atoms with E-state index >= 15 is 0 Å². The summed E-state index contributed by atoms with van der Waals surface area (Å²) in [4.78, 5) is 35.6. The first-order valence-electron chi connectivity index (χ1n) is 2.10. The summed E-state index contributed by atoms with van der Waals surface area (Å²) in [5.41, 5.74) is 0.979. The minimum absolute atomic E-state index is 0.979. The first-order valence-corrected chi connectivity index (χ1v) is 3.71. The lowest BCUT2D eigenvalue weighted by Crippen LogP contribution is -2.37. The highest BCUT2D eigenvalue weighted by Gasteiger charge is 2.19. The van der Waals surface area contributed by atoms with Crippen molar-refractivity contribution in [1.82, 2.24) is 10.5 Å². The molecule has 0 radical (unpaired) electrons. The summed E-state index contributed by atoms with van der Waals surface area (Å²) in [5.74, 6) is 0. The van der Waals surface area contributed by atoms with Gasteiger partial charge in [-0.15, -0.1) is 0 Å². The van der Waals surface area contributed by atoms with E-state index in [2.05, 4.69) is 0 Å². The van der Waals surface area contributed by atoms with Crippen LogP contribution < -0.4 is 10.5 Å². The minimum Gasteiger partial charge on any atom is -0.308 e. The molecule has 10 heteroatoms. The van der Waals surface area contributed by atoms with Crippen LogP contribution in [0.3, 0.4) is 0 Å². The maximum Gasteiger partial charge on any atom is 0.431 e. The highest BCUT2D eigenvalue weighted by Crippen LogP contribution is 2.27. The van der Waals surface area contributed by atoms with Crippen molar-refractivity contribution in [1.29, 1.82) is 0 Å². The monoisotopic (exact) mass is 185 g/mol. The zero-order valence-electron chi connectivity index (χ0n) is 4.92. The molecule has 0 bridgehead atoms. The van der Waals surface area contributed by atoms with Gasteiger partial charge in [-0.3, -0.25) is 0 Å². The topological polar surface area (TPSA) is 142 Å². The molecule has 11 heavy (non-hydrogen) atoms. The minimum atomic E-state index is -4.74. The van der Waals surface area contributed by atoms with Gasteiger partial charge in [0.05, 0.1) is 0 Å². The Morgan fingerprint density at radius 1 is 1.55 bits per heavy atom. The predicted molar refractivity (Wildman–Crippen MR) is 30.7 cm³/mol. The molecule has 0 atom stereocenters. The van der Waals surface area contributed by atoms with Crippen molar-refractivity contribution < 1.29 is 24.2 Å². The van der Waals surface area contributed by atoms with Crippen LogP contribution in [0.15, 0.2) is 0 Å². The number of amides is 2. The molecule has 0 heterocycles. The molecule has 0 saturated heterocycles. The average Bonchev–Trinajstić information content (AvgIpc) is 1.53. The van der Waals surface area contributed by atoms with E-state index in [1.54, 1.807) is 0 Å². The average molecular weight is 185 g/mol. The fraction of sp³-hybridized carbons (Fsp3) is 0. The molecule has 0 spiro atoms. The Morgan fingerprint density at radius 3 is 2.27 bits per heavy atom. The molecule has 0 unspecified atom stereocenters. The maximum absolute atomic E-state index is 10.1. The smallest absolute Gasteiger partial charge is 0.308 e. The first kappa shape index (κ1) is 9.82. The van der Waals surface area contributed by atoms with Crippen LogP contribution in [0.4, 0.5) is 4.79 Å². The van der Waals surface area contributed by atoms with Gasteiger partial charge in [-0.2, -0.15) is 0 Å². The summed E-state index contributed by atoms with van der Waals surface area (Å²) in [6.07, 6.45) is 0. The Morgan fingerprint density at radius 2 is 2.00 bits per heavy atom. The molecular formula is CH4N3O6P. The molecule has 0 aliphatic heterocycles. The molecule has 0 aliphatic carbocycles. The zero-order valence-corrected chi connectivity index (χ0v) is 5.82. The number of carbonyl (C=O) groups excluding carboxylic acids is 1. The molecule has 0 rings (SSSR count). The van der Waals surface area contributed by atoms with Crippen molar-refractivity contribution >= 4 is 13.8 Å². The highest BCUT2D eigenvalue weighted by atomic mass is 31.2. The molecule has 4 N–H and O–H groups in total. The van der Waals surface area contributed by atoms with Crippen LogP contribution in [0.5, 0.6) is 0 Å². The van der Waals surface area contributed by atoms with E-state index in [4.69, 9.17) is 9.79 Å².